The van der Waals surface area contributed by atoms with Crippen molar-refractivity contribution in [1.29, 1.82) is 0 Å². The minimum absolute atomic E-state index is 0.697. The van der Waals surface area contributed by atoms with Gasteiger partial charge in [-0.2, -0.15) is 0 Å². The summed E-state index contributed by atoms with van der Waals surface area (Å²) in [6.45, 7) is 4.11. The van der Waals surface area contributed by atoms with E-state index in [1.807, 2.05) is 31.6 Å². The van der Waals surface area contributed by atoms with E-state index in [1.54, 1.807) is 17.5 Å². The Bertz CT molecular complexity index is 1070. The molecule has 4 aromatic rings. The van der Waals surface area contributed by atoms with Crippen molar-refractivity contribution in [3.63, 3.8) is 0 Å². The number of nitrogens with zero attached hydrogens (tertiary/aromatic N) is 4. The fourth-order valence-corrected chi connectivity index (χ4v) is 6.15. The van der Waals surface area contributed by atoms with Crippen LogP contribution < -0.4 is 0 Å². The first-order chi connectivity index (χ1) is 13.1. The fourth-order valence-electron chi connectivity index (χ4n) is 2.90. The second-order valence-electron chi connectivity index (χ2n) is 6.33. The molecule has 0 fully saturated rings. The molecule has 27 heavy (non-hydrogen) atoms. The number of hydrogen-bond donors (Lipinski definition) is 0. The smallest absolute Gasteiger partial charge is 0.209 e. The largest absolute Gasteiger partial charge is 0.611 e. The maximum atomic E-state index is 12.7. The van der Waals surface area contributed by atoms with E-state index in [0.717, 1.165) is 55.1 Å². The van der Waals surface area contributed by atoms with Crippen LogP contribution in [-0.2, 0) is 18.2 Å². The second-order valence-corrected chi connectivity index (χ2v) is 10.1. The van der Waals surface area contributed by atoms with Gasteiger partial charge in [0, 0.05) is 35.6 Å². The summed E-state index contributed by atoms with van der Waals surface area (Å²) in [5.74, 6) is 1.65. The van der Waals surface area contributed by atoms with Crippen molar-refractivity contribution in [1.82, 2.24) is 19.5 Å². The highest BCUT2D eigenvalue weighted by molar-refractivity contribution is 7.93. The van der Waals surface area contributed by atoms with E-state index in [9.17, 15) is 4.55 Å². The molecule has 0 aliphatic carbocycles. The SMILES string of the molecule is CCCC[S+]([O-])c1cc2c(-c3cnc(C)n3C)cc(-c3nccs3)nc2s1. The molecule has 8 heteroatoms. The summed E-state index contributed by atoms with van der Waals surface area (Å²) in [6, 6.07) is 4.12. The van der Waals surface area contributed by atoms with E-state index < -0.39 is 11.2 Å². The number of thiazole rings is 1. The van der Waals surface area contributed by atoms with Gasteiger partial charge in [-0.15, -0.1) is 11.3 Å². The van der Waals surface area contributed by atoms with Gasteiger partial charge in [-0.1, -0.05) is 24.7 Å². The summed E-state index contributed by atoms with van der Waals surface area (Å²) >= 11 is 2.11. The molecule has 1 unspecified atom stereocenters. The van der Waals surface area contributed by atoms with E-state index in [2.05, 4.69) is 27.5 Å². The lowest BCUT2D eigenvalue weighted by Gasteiger charge is -2.07. The Morgan fingerprint density at radius 3 is 2.78 bits per heavy atom. The summed E-state index contributed by atoms with van der Waals surface area (Å²) < 4.78 is 15.6. The number of unbranched alkanes of at least 4 members (excludes halogenated alkanes) is 1. The Morgan fingerprint density at radius 1 is 1.26 bits per heavy atom. The molecule has 0 aliphatic heterocycles. The van der Waals surface area contributed by atoms with Crippen LogP contribution in [0.25, 0.3) is 32.2 Å². The molecule has 0 amide bonds. The number of rotatable bonds is 6. The molecular weight excluding hydrogens is 396 g/mol. The van der Waals surface area contributed by atoms with Gasteiger partial charge in [0.25, 0.3) is 0 Å². The first-order valence-corrected chi connectivity index (χ1v) is 11.8. The average molecular weight is 417 g/mol. The maximum Gasteiger partial charge on any atom is 0.209 e. The molecule has 4 aromatic heterocycles. The van der Waals surface area contributed by atoms with E-state index >= 15 is 0 Å². The molecule has 0 saturated carbocycles. The van der Waals surface area contributed by atoms with Gasteiger partial charge in [-0.05, 0) is 30.6 Å². The lowest BCUT2D eigenvalue weighted by Crippen LogP contribution is -2.04. The molecule has 0 N–H and O–H groups in total. The molecule has 4 heterocycles. The molecule has 4 rings (SSSR count). The summed E-state index contributed by atoms with van der Waals surface area (Å²) in [5.41, 5.74) is 2.93. The molecule has 0 radical (unpaired) electrons. The van der Waals surface area contributed by atoms with Crippen LogP contribution >= 0.6 is 22.7 Å². The average Bonchev–Trinajstić information content (AvgIpc) is 3.40. The highest BCUT2D eigenvalue weighted by atomic mass is 32.2. The summed E-state index contributed by atoms with van der Waals surface area (Å²) in [4.78, 5) is 14.6. The molecule has 0 bridgehead atoms. The normalized spacial score (nSPS) is 12.7. The number of aromatic nitrogens is 4. The molecule has 0 aliphatic rings. The summed E-state index contributed by atoms with van der Waals surface area (Å²) in [5, 5.41) is 3.87. The fraction of sp³-hybridized carbons (Fsp3) is 0.316. The van der Waals surface area contributed by atoms with Gasteiger partial charge >= 0.3 is 0 Å². The third-order valence-corrected chi connectivity index (χ3v) is 8.19. The van der Waals surface area contributed by atoms with Gasteiger partial charge in [0.1, 0.15) is 27.1 Å². The second kappa shape index (κ2) is 7.71. The molecule has 5 nitrogen and oxygen atoms in total. The van der Waals surface area contributed by atoms with Crippen LogP contribution in [0.2, 0.25) is 0 Å². The number of imidazole rings is 1. The lowest BCUT2D eigenvalue weighted by atomic mass is 10.1. The zero-order chi connectivity index (χ0) is 19.0. The number of fused-ring (bicyclic) bond motifs is 1. The first-order valence-electron chi connectivity index (χ1n) is 8.80. The predicted molar refractivity (Wildman–Crippen MR) is 114 cm³/mol. The van der Waals surface area contributed by atoms with Crippen LogP contribution in [0.3, 0.4) is 0 Å². The molecular formula is C19H20N4OS3. The standard InChI is InChI=1S/C19H20N4OS3/c1-4-5-8-27(24)17-10-14-13(16-11-21-12(2)23(16)3)9-15(22-18(14)26-17)19-20-6-7-25-19/h6-7,9-11H,4-5,8H2,1-3H3. The monoisotopic (exact) mass is 416 g/mol. The molecule has 0 aromatic carbocycles. The zero-order valence-corrected chi connectivity index (χ0v) is 17.9. The van der Waals surface area contributed by atoms with Gasteiger partial charge < -0.3 is 9.12 Å². The van der Waals surface area contributed by atoms with Crippen molar-refractivity contribution in [3.05, 3.63) is 35.7 Å². The van der Waals surface area contributed by atoms with Crippen molar-refractivity contribution in [2.75, 3.05) is 5.75 Å². The Hall–Kier alpha value is -1.74. The Balaban J connectivity index is 1.90. The highest BCUT2D eigenvalue weighted by Crippen LogP contribution is 2.38. The Morgan fingerprint density at radius 2 is 2.11 bits per heavy atom. The third kappa shape index (κ3) is 3.54. The van der Waals surface area contributed by atoms with Crippen molar-refractivity contribution in [3.8, 4) is 22.0 Å². The van der Waals surface area contributed by atoms with Crippen LogP contribution in [0, 0.1) is 6.92 Å². The van der Waals surface area contributed by atoms with Gasteiger partial charge in [0.15, 0.2) is 0 Å². The molecule has 140 valence electrons. The zero-order valence-electron chi connectivity index (χ0n) is 15.4. The van der Waals surface area contributed by atoms with E-state index in [-0.39, 0.29) is 0 Å². The molecule has 0 saturated heterocycles. The Kier molecular flexibility index (Phi) is 5.32. The van der Waals surface area contributed by atoms with Crippen LogP contribution in [0.1, 0.15) is 25.6 Å². The van der Waals surface area contributed by atoms with Crippen LogP contribution in [0.5, 0.6) is 0 Å². The quantitative estimate of drug-likeness (QED) is 0.413. The topological polar surface area (TPSA) is 66.7 Å². The van der Waals surface area contributed by atoms with Gasteiger partial charge in [-0.3, -0.25) is 0 Å². The lowest BCUT2D eigenvalue weighted by molar-refractivity contribution is 0.593. The van der Waals surface area contributed by atoms with Gasteiger partial charge in [0.05, 0.1) is 11.9 Å². The predicted octanol–water partition coefficient (Wildman–Crippen LogP) is 5.04. The van der Waals surface area contributed by atoms with Crippen LogP contribution in [0.4, 0.5) is 0 Å². The summed E-state index contributed by atoms with van der Waals surface area (Å²) in [6.07, 6.45) is 5.69. The van der Waals surface area contributed by atoms with Crippen LogP contribution in [-0.4, -0.2) is 29.8 Å². The minimum Gasteiger partial charge on any atom is -0.611 e. The highest BCUT2D eigenvalue weighted by Gasteiger charge is 2.21. The van der Waals surface area contributed by atoms with Crippen LogP contribution in [0.15, 0.2) is 34.1 Å². The van der Waals surface area contributed by atoms with Gasteiger partial charge in [-0.25, -0.2) is 15.0 Å². The van der Waals surface area contributed by atoms with Crippen molar-refractivity contribution < 1.29 is 4.55 Å². The third-order valence-electron chi connectivity index (χ3n) is 4.54. The van der Waals surface area contributed by atoms with Crippen molar-refractivity contribution >= 4 is 44.1 Å². The van der Waals surface area contributed by atoms with E-state index in [4.69, 9.17) is 4.98 Å². The maximum absolute atomic E-state index is 12.7. The number of hydrogen-bond acceptors (Lipinski definition) is 6. The summed E-state index contributed by atoms with van der Waals surface area (Å²) in [7, 11) is 2.01. The van der Waals surface area contributed by atoms with E-state index in [1.165, 1.54) is 11.3 Å². The van der Waals surface area contributed by atoms with Gasteiger partial charge in [0.2, 0.25) is 4.21 Å². The Labute approximate surface area is 169 Å². The minimum atomic E-state index is -0.981. The molecule has 0 spiro atoms. The number of aryl methyl sites for hydroxylation is 1. The number of pyridine rings is 1. The first kappa shape index (κ1) is 18.6. The number of thiophene rings is 1. The van der Waals surface area contributed by atoms with Crippen molar-refractivity contribution in [2.45, 2.75) is 30.9 Å². The molecule has 1 atom stereocenters. The van der Waals surface area contributed by atoms with E-state index in [0.29, 0.717) is 5.75 Å². The van der Waals surface area contributed by atoms with Crippen molar-refractivity contribution in [2.24, 2.45) is 7.05 Å².